The number of hydrogen-bond acceptors (Lipinski definition) is 5. The van der Waals surface area contributed by atoms with Crippen molar-refractivity contribution < 1.29 is 19.8 Å². The van der Waals surface area contributed by atoms with Gasteiger partial charge in [-0.2, -0.15) is 5.11 Å². The Morgan fingerprint density at radius 2 is 1.84 bits per heavy atom. The lowest BCUT2D eigenvalue weighted by Gasteiger charge is -2.00. The van der Waals surface area contributed by atoms with Crippen molar-refractivity contribution in [3.8, 4) is 0 Å². The topological polar surface area (TPSA) is 99.3 Å². The number of carbonyl (C=O) groups excluding carboxylic acids is 1. The summed E-state index contributed by atoms with van der Waals surface area (Å²) < 4.78 is 0. The molecule has 1 aromatic rings. The highest BCUT2D eigenvalue weighted by molar-refractivity contribution is 6.33. The third-order valence-corrected chi connectivity index (χ3v) is 2.45. The first-order chi connectivity index (χ1) is 8.82. The zero-order valence-electron chi connectivity index (χ0n) is 10.2. The van der Waals surface area contributed by atoms with Crippen LogP contribution in [-0.4, -0.2) is 22.0 Å². The number of aliphatic hydroxyl groups is 1. The zero-order valence-corrected chi connectivity index (χ0v) is 11.0. The van der Waals surface area contributed by atoms with Crippen LogP contribution in [0.25, 0.3) is 0 Å². The third kappa shape index (κ3) is 3.89. The van der Waals surface area contributed by atoms with E-state index in [4.69, 9.17) is 16.7 Å². The summed E-state index contributed by atoms with van der Waals surface area (Å²) in [5.41, 5.74) is -0.0965. The van der Waals surface area contributed by atoms with Gasteiger partial charge in [-0.15, -0.1) is 5.11 Å². The molecule has 100 valence electrons. The maximum absolute atomic E-state index is 11.1. The molecule has 6 nitrogen and oxygen atoms in total. The average molecular weight is 283 g/mol. The Balaban J connectivity index is 3.13. The van der Waals surface area contributed by atoms with Crippen molar-refractivity contribution in [3.05, 3.63) is 40.2 Å². The predicted octanol–water partition coefficient (Wildman–Crippen LogP) is 3.50. The highest BCUT2D eigenvalue weighted by atomic mass is 35.5. The average Bonchev–Trinajstić information content (AvgIpc) is 2.30. The maximum Gasteiger partial charge on any atom is 0.337 e. The standard InChI is InChI=1S/C12H11ClN2O4/c1-6(16)11(7(2)17)15-14-8-3-4-10(13)9(5-8)12(18)19/h3-5,16H,1-2H3,(H,18,19)/b11-6+,15-14?. The number of ketones is 1. The third-order valence-electron chi connectivity index (χ3n) is 2.12. The van der Waals surface area contributed by atoms with E-state index < -0.39 is 11.8 Å². The molecule has 7 heteroatoms. The summed E-state index contributed by atoms with van der Waals surface area (Å²) in [7, 11) is 0. The van der Waals surface area contributed by atoms with Crippen LogP contribution < -0.4 is 0 Å². The van der Waals surface area contributed by atoms with Gasteiger partial charge in [-0.3, -0.25) is 4.79 Å². The van der Waals surface area contributed by atoms with E-state index in [-0.39, 0.29) is 27.7 Å². The first-order valence-electron chi connectivity index (χ1n) is 5.18. The molecule has 0 aliphatic heterocycles. The van der Waals surface area contributed by atoms with Crippen LogP contribution in [0.3, 0.4) is 0 Å². The smallest absolute Gasteiger partial charge is 0.337 e. The molecule has 1 aromatic carbocycles. The van der Waals surface area contributed by atoms with Crippen molar-refractivity contribution in [1.82, 2.24) is 0 Å². The quantitative estimate of drug-likeness (QED) is 0.501. The highest BCUT2D eigenvalue weighted by Gasteiger charge is 2.10. The number of hydrogen-bond donors (Lipinski definition) is 2. The van der Waals surface area contributed by atoms with E-state index in [0.717, 1.165) is 0 Å². The first kappa shape index (κ1) is 14.8. The summed E-state index contributed by atoms with van der Waals surface area (Å²) in [4.78, 5) is 22.0. The Morgan fingerprint density at radius 3 is 2.32 bits per heavy atom. The van der Waals surface area contributed by atoms with Crippen molar-refractivity contribution in [3.63, 3.8) is 0 Å². The Kier molecular flexibility index (Phi) is 4.77. The number of benzene rings is 1. The molecule has 0 amide bonds. The Morgan fingerprint density at radius 1 is 1.21 bits per heavy atom. The van der Waals surface area contributed by atoms with Gasteiger partial charge in [-0.1, -0.05) is 11.6 Å². The van der Waals surface area contributed by atoms with Gasteiger partial charge in [-0.05, 0) is 25.1 Å². The number of halogens is 1. The molecular formula is C12H11ClN2O4. The summed E-state index contributed by atoms with van der Waals surface area (Å²) in [5.74, 6) is -1.90. The van der Waals surface area contributed by atoms with E-state index in [2.05, 4.69) is 10.2 Å². The van der Waals surface area contributed by atoms with Crippen molar-refractivity contribution in [1.29, 1.82) is 0 Å². The minimum absolute atomic E-state index is 0.0760. The number of carbonyl (C=O) groups is 2. The van der Waals surface area contributed by atoms with Crippen LogP contribution in [0.2, 0.25) is 5.02 Å². The lowest BCUT2D eigenvalue weighted by atomic mass is 10.2. The molecular weight excluding hydrogens is 272 g/mol. The number of rotatable bonds is 4. The molecule has 0 aliphatic carbocycles. The zero-order chi connectivity index (χ0) is 14.6. The molecule has 0 bridgehead atoms. The van der Waals surface area contributed by atoms with Gasteiger partial charge in [0.1, 0.15) is 5.76 Å². The minimum atomic E-state index is -1.19. The number of Topliss-reactive ketones (excluding diaryl/α,β-unsaturated/α-hetero) is 1. The maximum atomic E-state index is 11.1. The summed E-state index contributed by atoms with van der Waals surface area (Å²) in [5, 5.41) is 25.5. The molecule has 0 heterocycles. The number of nitrogens with zero attached hydrogens (tertiary/aromatic N) is 2. The molecule has 1 rings (SSSR count). The van der Waals surface area contributed by atoms with Crippen LogP contribution >= 0.6 is 11.6 Å². The molecule has 0 aliphatic rings. The molecule has 0 spiro atoms. The second-order valence-corrected chi connectivity index (χ2v) is 4.07. The number of aromatic carboxylic acids is 1. The fourth-order valence-corrected chi connectivity index (χ4v) is 1.44. The van der Waals surface area contributed by atoms with Gasteiger partial charge in [-0.25, -0.2) is 4.79 Å². The Hall–Kier alpha value is -2.21. The molecule has 0 fully saturated rings. The molecule has 19 heavy (non-hydrogen) atoms. The van der Waals surface area contributed by atoms with Crippen molar-refractivity contribution >= 4 is 29.0 Å². The van der Waals surface area contributed by atoms with Crippen molar-refractivity contribution in [2.45, 2.75) is 13.8 Å². The Labute approximate surface area is 114 Å². The second-order valence-electron chi connectivity index (χ2n) is 3.66. The molecule has 0 saturated heterocycles. The van der Waals surface area contributed by atoms with Gasteiger partial charge in [0.25, 0.3) is 0 Å². The summed E-state index contributed by atoms with van der Waals surface area (Å²) in [6, 6.07) is 4.03. The second kappa shape index (κ2) is 6.10. The fraction of sp³-hybridized carbons (Fsp3) is 0.167. The van der Waals surface area contributed by atoms with E-state index in [1.165, 1.54) is 32.0 Å². The first-order valence-corrected chi connectivity index (χ1v) is 5.56. The molecule has 2 N–H and O–H groups in total. The van der Waals surface area contributed by atoms with Crippen LogP contribution in [0.15, 0.2) is 39.9 Å². The lowest BCUT2D eigenvalue weighted by Crippen LogP contribution is -1.97. The van der Waals surface area contributed by atoms with Gasteiger partial charge < -0.3 is 10.2 Å². The normalized spacial score (nSPS) is 12.4. The number of allylic oxidation sites excluding steroid dienone is 2. The molecule has 0 unspecified atom stereocenters. The number of carboxylic acid groups (broad SMARTS) is 1. The van der Waals surface area contributed by atoms with Gasteiger partial charge in [0.2, 0.25) is 0 Å². The minimum Gasteiger partial charge on any atom is -0.510 e. The predicted molar refractivity (Wildman–Crippen MR) is 68.9 cm³/mol. The van der Waals surface area contributed by atoms with Gasteiger partial charge in [0, 0.05) is 6.92 Å². The van der Waals surface area contributed by atoms with Crippen molar-refractivity contribution in [2.24, 2.45) is 10.2 Å². The van der Waals surface area contributed by atoms with Crippen LogP contribution in [0, 0.1) is 0 Å². The lowest BCUT2D eigenvalue weighted by molar-refractivity contribution is -0.113. The van der Waals surface area contributed by atoms with Crippen LogP contribution in [0.5, 0.6) is 0 Å². The van der Waals surface area contributed by atoms with E-state index in [9.17, 15) is 14.7 Å². The molecule has 0 aromatic heterocycles. The Bertz CT molecular complexity index is 589. The number of aliphatic hydroxyl groups excluding tert-OH is 1. The summed E-state index contributed by atoms with van der Waals surface area (Å²) in [6.45, 7) is 2.54. The van der Waals surface area contributed by atoms with E-state index in [1.807, 2.05) is 0 Å². The van der Waals surface area contributed by atoms with Gasteiger partial charge in [0.15, 0.2) is 11.5 Å². The number of carboxylic acids is 1. The highest BCUT2D eigenvalue weighted by Crippen LogP contribution is 2.23. The van der Waals surface area contributed by atoms with Crippen LogP contribution in [0.1, 0.15) is 24.2 Å². The van der Waals surface area contributed by atoms with E-state index in [0.29, 0.717) is 0 Å². The molecule has 0 radical (unpaired) electrons. The van der Waals surface area contributed by atoms with Crippen LogP contribution in [0.4, 0.5) is 5.69 Å². The number of azo groups is 1. The van der Waals surface area contributed by atoms with Crippen LogP contribution in [-0.2, 0) is 4.79 Å². The summed E-state index contributed by atoms with van der Waals surface area (Å²) >= 11 is 5.70. The molecule has 0 atom stereocenters. The van der Waals surface area contributed by atoms with Gasteiger partial charge in [0.05, 0.1) is 16.3 Å². The largest absolute Gasteiger partial charge is 0.510 e. The monoisotopic (exact) mass is 282 g/mol. The van der Waals surface area contributed by atoms with E-state index >= 15 is 0 Å². The summed E-state index contributed by atoms with van der Waals surface area (Å²) in [6.07, 6.45) is 0. The fourth-order valence-electron chi connectivity index (χ4n) is 1.24. The van der Waals surface area contributed by atoms with Crippen molar-refractivity contribution in [2.75, 3.05) is 0 Å². The van der Waals surface area contributed by atoms with Gasteiger partial charge >= 0.3 is 5.97 Å². The molecule has 0 saturated carbocycles. The van der Waals surface area contributed by atoms with E-state index in [1.54, 1.807) is 0 Å². The SMILES string of the molecule is CC(=O)/C(N=Nc1ccc(Cl)c(C(=O)O)c1)=C(/C)O.